The minimum atomic E-state index is -3.98. The zero-order valence-electron chi connectivity index (χ0n) is 22.8. The van der Waals surface area contributed by atoms with Crippen LogP contribution in [0.25, 0.3) is 10.8 Å². The molecule has 0 spiro atoms. The quantitative estimate of drug-likeness (QED) is 0.0900. The fourth-order valence-electron chi connectivity index (χ4n) is 4.42. The van der Waals surface area contributed by atoms with Crippen LogP contribution < -0.4 is 14.9 Å². The second-order valence-corrected chi connectivity index (χ2v) is 13.1. The topological polar surface area (TPSA) is 96.9 Å². The first-order chi connectivity index (χ1) is 20.8. The molecule has 0 heterocycles. The Morgan fingerprint density at radius 3 is 2.30 bits per heavy atom. The number of ether oxygens (including phenoxy) is 1. The van der Waals surface area contributed by atoms with Gasteiger partial charge in [0.15, 0.2) is 0 Å². The summed E-state index contributed by atoms with van der Waals surface area (Å²) in [6, 6.07) is 33.5. The van der Waals surface area contributed by atoms with E-state index in [9.17, 15) is 13.2 Å². The van der Waals surface area contributed by atoms with Gasteiger partial charge in [-0.2, -0.15) is 9.82 Å². The molecule has 0 saturated heterocycles. The lowest BCUT2D eigenvalue weighted by Gasteiger charge is -2.18. The summed E-state index contributed by atoms with van der Waals surface area (Å²) in [6.45, 7) is 0.308. The molecule has 0 aliphatic carbocycles. The summed E-state index contributed by atoms with van der Waals surface area (Å²) in [4.78, 5) is 13.5. The van der Waals surface area contributed by atoms with E-state index in [1.54, 1.807) is 24.3 Å². The van der Waals surface area contributed by atoms with Crippen LogP contribution in [0.15, 0.2) is 125 Å². The molecule has 0 unspecified atom stereocenters. The van der Waals surface area contributed by atoms with Gasteiger partial charge in [0.05, 0.1) is 11.1 Å². The van der Waals surface area contributed by atoms with Crippen molar-refractivity contribution in [2.45, 2.75) is 24.0 Å². The molecule has 7 nitrogen and oxygen atoms in total. The second-order valence-electron chi connectivity index (χ2n) is 9.67. The molecule has 218 valence electrons. The van der Waals surface area contributed by atoms with Gasteiger partial charge >= 0.3 is 0 Å². The highest BCUT2D eigenvalue weighted by Gasteiger charge is 2.26. The number of hydrogen-bond acceptors (Lipinski definition) is 5. The molecular weight excluding hydrogens is 697 g/mol. The van der Waals surface area contributed by atoms with E-state index in [1.807, 2.05) is 78.9 Å². The number of halogens is 2. The Balaban J connectivity index is 1.38. The van der Waals surface area contributed by atoms with Gasteiger partial charge in [0.1, 0.15) is 18.4 Å². The van der Waals surface area contributed by atoms with Crippen LogP contribution in [0.5, 0.6) is 5.75 Å². The number of hydrazone groups is 1. The number of carbonyl (C=O) groups excluding carboxylic acids is 1. The standard InChI is InChI=1S/C33H27ClIN3O4S/c34-26-13-10-24(11-14-26)22-42-32-19-12-25-8-4-5-9-29(25)30(32)21-36-37-33(39)31(20-23-6-2-1-3-7-23)38-43(40,41)28-17-15-27(35)16-18-28/h1-19,21,31,38H,20,22H2,(H,37,39)/b36-21-/t31-/m0/s1. The zero-order valence-corrected chi connectivity index (χ0v) is 26.5. The molecule has 5 aromatic carbocycles. The first-order valence-corrected chi connectivity index (χ1v) is 16.3. The fraction of sp³-hybridized carbons (Fsp3) is 0.0909. The largest absolute Gasteiger partial charge is 0.488 e. The minimum absolute atomic E-state index is 0.0699. The van der Waals surface area contributed by atoms with Crippen LogP contribution in [-0.2, 0) is 27.8 Å². The highest BCUT2D eigenvalue weighted by molar-refractivity contribution is 14.1. The number of amides is 1. The average molecular weight is 724 g/mol. The van der Waals surface area contributed by atoms with E-state index < -0.39 is 22.0 Å². The lowest BCUT2D eigenvalue weighted by molar-refractivity contribution is -0.122. The van der Waals surface area contributed by atoms with E-state index in [4.69, 9.17) is 16.3 Å². The molecule has 43 heavy (non-hydrogen) atoms. The molecule has 0 aliphatic heterocycles. The van der Waals surface area contributed by atoms with E-state index in [-0.39, 0.29) is 11.3 Å². The summed E-state index contributed by atoms with van der Waals surface area (Å²) in [5, 5.41) is 6.74. The van der Waals surface area contributed by atoms with Gasteiger partial charge in [0.25, 0.3) is 5.91 Å². The molecule has 0 radical (unpaired) electrons. The van der Waals surface area contributed by atoms with E-state index in [1.165, 1.54) is 18.3 Å². The smallest absolute Gasteiger partial charge is 0.258 e. The summed E-state index contributed by atoms with van der Waals surface area (Å²) < 4.78 is 36.0. The molecule has 5 aromatic rings. The lowest BCUT2D eigenvalue weighted by atomic mass is 10.0. The normalized spacial score (nSPS) is 12.3. The van der Waals surface area contributed by atoms with Gasteiger partial charge in [-0.3, -0.25) is 4.79 Å². The Hall–Kier alpha value is -3.77. The van der Waals surface area contributed by atoms with Gasteiger partial charge in [-0.1, -0.05) is 84.4 Å². The van der Waals surface area contributed by atoms with Gasteiger partial charge in [-0.15, -0.1) is 0 Å². The number of hydrogen-bond donors (Lipinski definition) is 2. The highest BCUT2D eigenvalue weighted by atomic mass is 127. The predicted molar refractivity (Wildman–Crippen MR) is 179 cm³/mol. The molecule has 0 aromatic heterocycles. The number of carbonyl (C=O) groups is 1. The first kappa shape index (κ1) is 30.7. The van der Waals surface area contributed by atoms with Crippen molar-refractivity contribution in [2.75, 3.05) is 0 Å². The molecule has 0 bridgehead atoms. The Bertz CT molecular complexity index is 1850. The van der Waals surface area contributed by atoms with Crippen molar-refractivity contribution in [3.63, 3.8) is 0 Å². The van der Waals surface area contributed by atoms with Crippen molar-refractivity contribution in [2.24, 2.45) is 5.10 Å². The number of benzene rings is 5. The van der Waals surface area contributed by atoms with Crippen LogP contribution in [0.4, 0.5) is 0 Å². The van der Waals surface area contributed by atoms with Gasteiger partial charge < -0.3 is 4.74 Å². The van der Waals surface area contributed by atoms with E-state index in [0.717, 1.165) is 25.5 Å². The summed E-state index contributed by atoms with van der Waals surface area (Å²) in [7, 11) is -3.98. The Morgan fingerprint density at radius 2 is 1.56 bits per heavy atom. The van der Waals surface area contributed by atoms with Crippen LogP contribution in [0, 0.1) is 3.57 Å². The van der Waals surface area contributed by atoms with E-state index in [2.05, 4.69) is 37.8 Å². The molecule has 0 fully saturated rings. The molecule has 0 saturated carbocycles. The minimum Gasteiger partial charge on any atom is -0.488 e. The molecule has 2 N–H and O–H groups in total. The fourth-order valence-corrected chi connectivity index (χ4v) is 6.10. The molecule has 0 aliphatic rings. The Labute approximate surface area is 269 Å². The van der Waals surface area contributed by atoms with E-state index in [0.29, 0.717) is 22.9 Å². The van der Waals surface area contributed by atoms with Gasteiger partial charge in [0.2, 0.25) is 10.0 Å². The molecule has 10 heteroatoms. The van der Waals surface area contributed by atoms with Crippen molar-refractivity contribution in [1.29, 1.82) is 0 Å². The zero-order chi connectivity index (χ0) is 30.2. The monoisotopic (exact) mass is 723 g/mol. The maximum absolute atomic E-state index is 13.4. The van der Waals surface area contributed by atoms with Crippen LogP contribution >= 0.6 is 34.2 Å². The Morgan fingerprint density at radius 1 is 0.860 bits per heavy atom. The van der Waals surface area contributed by atoms with Gasteiger partial charge in [0, 0.05) is 14.2 Å². The van der Waals surface area contributed by atoms with Crippen molar-refractivity contribution in [1.82, 2.24) is 10.1 Å². The molecule has 1 atom stereocenters. The molecule has 5 rings (SSSR count). The van der Waals surface area contributed by atoms with Crippen molar-refractivity contribution >= 4 is 67.1 Å². The summed E-state index contributed by atoms with van der Waals surface area (Å²) in [6.07, 6.45) is 1.65. The summed E-state index contributed by atoms with van der Waals surface area (Å²) >= 11 is 8.11. The molecule has 1 amide bonds. The summed E-state index contributed by atoms with van der Waals surface area (Å²) in [5.41, 5.74) is 4.95. The van der Waals surface area contributed by atoms with Crippen molar-refractivity contribution in [3.05, 3.63) is 141 Å². The molecular formula is C33H27ClIN3O4S. The number of nitrogens with one attached hydrogen (secondary N) is 2. The number of nitrogens with zero attached hydrogens (tertiary/aromatic N) is 1. The average Bonchev–Trinajstić information content (AvgIpc) is 3.01. The van der Waals surface area contributed by atoms with Crippen LogP contribution in [-0.4, -0.2) is 26.6 Å². The highest BCUT2D eigenvalue weighted by Crippen LogP contribution is 2.27. The third-order valence-electron chi connectivity index (χ3n) is 6.63. The predicted octanol–water partition coefficient (Wildman–Crippen LogP) is 6.72. The van der Waals surface area contributed by atoms with Gasteiger partial charge in [-0.25, -0.2) is 13.8 Å². The Kier molecular flexibility index (Phi) is 10.1. The first-order valence-electron chi connectivity index (χ1n) is 13.3. The maximum Gasteiger partial charge on any atom is 0.258 e. The second kappa shape index (κ2) is 14.1. The summed E-state index contributed by atoms with van der Waals surface area (Å²) in [5.74, 6) is -0.0232. The number of fused-ring (bicyclic) bond motifs is 1. The van der Waals surface area contributed by atoms with Gasteiger partial charge in [-0.05, 0) is 93.4 Å². The third kappa shape index (κ3) is 8.20. The third-order valence-corrected chi connectivity index (χ3v) is 9.09. The van der Waals surface area contributed by atoms with Crippen LogP contribution in [0.2, 0.25) is 5.02 Å². The van der Waals surface area contributed by atoms with Crippen molar-refractivity contribution in [3.8, 4) is 5.75 Å². The maximum atomic E-state index is 13.4. The van der Waals surface area contributed by atoms with E-state index >= 15 is 0 Å². The number of rotatable bonds is 11. The van der Waals surface area contributed by atoms with Crippen LogP contribution in [0.1, 0.15) is 16.7 Å². The SMILES string of the molecule is O=C(N/N=C\c1c(OCc2ccc(Cl)cc2)ccc2ccccc12)[C@H](Cc1ccccc1)NS(=O)(=O)c1ccc(I)cc1. The van der Waals surface area contributed by atoms with Crippen LogP contribution in [0.3, 0.4) is 0 Å². The van der Waals surface area contributed by atoms with Crippen molar-refractivity contribution < 1.29 is 17.9 Å². The lowest BCUT2D eigenvalue weighted by Crippen LogP contribution is -2.46. The number of sulfonamides is 1.